The van der Waals surface area contributed by atoms with E-state index >= 15 is 0 Å². The third-order valence-corrected chi connectivity index (χ3v) is 4.15. The molecule has 1 aromatic rings. The number of rotatable bonds is 4. The summed E-state index contributed by atoms with van der Waals surface area (Å²) < 4.78 is 6.00. The van der Waals surface area contributed by atoms with E-state index in [1.54, 1.807) is 0 Å². The molecule has 1 aliphatic heterocycles. The van der Waals surface area contributed by atoms with E-state index in [1.807, 2.05) is 7.05 Å². The van der Waals surface area contributed by atoms with Crippen LogP contribution in [0.1, 0.15) is 36.5 Å². The SMILES string of the molecule is CNC(Cc1c(C)cccc1C)C1CCC(C)O1. The van der Waals surface area contributed by atoms with Gasteiger partial charge in [0.2, 0.25) is 0 Å². The van der Waals surface area contributed by atoms with Gasteiger partial charge in [-0.15, -0.1) is 0 Å². The minimum Gasteiger partial charge on any atom is -0.374 e. The van der Waals surface area contributed by atoms with E-state index in [1.165, 1.54) is 29.5 Å². The van der Waals surface area contributed by atoms with Crippen molar-refractivity contribution in [2.45, 2.75) is 58.3 Å². The molecule has 0 aliphatic carbocycles. The van der Waals surface area contributed by atoms with Gasteiger partial charge in [0.05, 0.1) is 12.2 Å². The molecular weight excluding hydrogens is 222 g/mol. The number of nitrogens with one attached hydrogen (secondary N) is 1. The highest BCUT2D eigenvalue weighted by Crippen LogP contribution is 2.25. The van der Waals surface area contributed by atoms with Gasteiger partial charge in [-0.25, -0.2) is 0 Å². The summed E-state index contributed by atoms with van der Waals surface area (Å²) in [6.07, 6.45) is 4.22. The van der Waals surface area contributed by atoms with Crippen LogP contribution in [-0.4, -0.2) is 25.3 Å². The Morgan fingerprint density at radius 1 is 1.28 bits per heavy atom. The van der Waals surface area contributed by atoms with E-state index in [0.717, 1.165) is 6.42 Å². The minimum atomic E-state index is 0.365. The molecule has 0 saturated carbocycles. The lowest BCUT2D eigenvalue weighted by Crippen LogP contribution is -2.39. The molecule has 2 heteroatoms. The Morgan fingerprint density at radius 2 is 1.94 bits per heavy atom. The van der Waals surface area contributed by atoms with Crippen LogP contribution in [0, 0.1) is 13.8 Å². The molecule has 3 atom stereocenters. The first-order valence-electron chi connectivity index (χ1n) is 6.99. The molecule has 1 fully saturated rings. The Hall–Kier alpha value is -0.860. The fourth-order valence-electron chi connectivity index (χ4n) is 2.94. The summed E-state index contributed by atoms with van der Waals surface area (Å²) in [5, 5.41) is 3.44. The van der Waals surface area contributed by atoms with E-state index in [4.69, 9.17) is 4.74 Å². The molecule has 1 saturated heterocycles. The molecule has 0 aromatic heterocycles. The van der Waals surface area contributed by atoms with Crippen LogP contribution in [-0.2, 0) is 11.2 Å². The Kier molecular flexibility index (Phi) is 4.41. The average molecular weight is 247 g/mol. The first-order valence-corrected chi connectivity index (χ1v) is 6.99. The summed E-state index contributed by atoms with van der Waals surface area (Å²) in [4.78, 5) is 0. The maximum Gasteiger partial charge on any atom is 0.0735 e. The number of ether oxygens (including phenoxy) is 1. The molecule has 1 aliphatic rings. The Morgan fingerprint density at radius 3 is 2.44 bits per heavy atom. The van der Waals surface area contributed by atoms with Crippen molar-refractivity contribution in [1.29, 1.82) is 0 Å². The Balaban J connectivity index is 2.10. The summed E-state index contributed by atoms with van der Waals surface area (Å²) >= 11 is 0. The van der Waals surface area contributed by atoms with E-state index < -0.39 is 0 Å². The predicted molar refractivity (Wildman–Crippen MR) is 76.0 cm³/mol. The van der Waals surface area contributed by atoms with Gasteiger partial charge in [-0.3, -0.25) is 0 Å². The van der Waals surface area contributed by atoms with Crippen LogP contribution in [0.2, 0.25) is 0 Å². The molecule has 1 heterocycles. The number of aryl methyl sites for hydroxylation is 2. The van der Waals surface area contributed by atoms with Gasteiger partial charge < -0.3 is 10.1 Å². The number of hydrogen-bond donors (Lipinski definition) is 1. The van der Waals surface area contributed by atoms with Gasteiger partial charge in [0.25, 0.3) is 0 Å². The highest BCUT2D eigenvalue weighted by molar-refractivity contribution is 5.34. The second-order valence-corrected chi connectivity index (χ2v) is 5.53. The monoisotopic (exact) mass is 247 g/mol. The third kappa shape index (κ3) is 2.93. The summed E-state index contributed by atoms with van der Waals surface area (Å²) in [6.45, 7) is 6.58. The van der Waals surface area contributed by atoms with Crippen molar-refractivity contribution < 1.29 is 4.74 Å². The van der Waals surface area contributed by atoms with E-state index in [0.29, 0.717) is 18.2 Å². The van der Waals surface area contributed by atoms with E-state index in [9.17, 15) is 0 Å². The van der Waals surface area contributed by atoms with Gasteiger partial charge in [0.1, 0.15) is 0 Å². The van der Waals surface area contributed by atoms with Gasteiger partial charge in [-0.1, -0.05) is 18.2 Å². The van der Waals surface area contributed by atoms with Crippen molar-refractivity contribution in [3.8, 4) is 0 Å². The molecule has 0 bridgehead atoms. The largest absolute Gasteiger partial charge is 0.374 e. The predicted octanol–water partition coefficient (Wildman–Crippen LogP) is 3.00. The summed E-state index contributed by atoms with van der Waals surface area (Å²) in [6, 6.07) is 6.96. The summed E-state index contributed by atoms with van der Waals surface area (Å²) in [7, 11) is 2.05. The van der Waals surface area contributed by atoms with Crippen molar-refractivity contribution in [2.75, 3.05) is 7.05 Å². The lowest BCUT2D eigenvalue weighted by molar-refractivity contribution is 0.0337. The molecule has 0 radical (unpaired) electrons. The van der Waals surface area contributed by atoms with Crippen LogP contribution < -0.4 is 5.32 Å². The van der Waals surface area contributed by atoms with E-state index in [2.05, 4.69) is 44.3 Å². The van der Waals surface area contributed by atoms with Crippen molar-refractivity contribution in [1.82, 2.24) is 5.32 Å². The van der Waals surface area contributed by atoms with Crippen LogP contribution in [0.5, 0.6) is 0 Å². The van der Waals surface area contributed by atoms with Gasteiger partial charge in [0.15, 0.2) is 0 Å². The highest BCUT2D eigenvalue weighted by Gasteiger charge is 2.29. The minimum absolute atomic E-state index is 0.365. The van der Waals surface area contributed by atoms with Crippen LogP contribution in [0.15, 0.2) is 18.2 Å². The molecule has 1 aromatic carbocycles. The van der Waals surface area contributed by atoms with Crippen LogP contribution in [0.25, 0.3) is 0 Å². The topological polar surface area (TPSA) is 21.3 Å². The Bertz CT molecular complexity index is 382. The fraction of sp³-hybridized carbons (Fsp3) is 0.625. The molecule has 100 valence electrons. The quantitative estimate of drug-likeness (QED) is 0.883. The number of likely N-dealkylation sites (N-methyl/N-ethyl adjacent to an activating group) is 1. The normalized spacial score (nSPS) is 25.3. The summed E-state index contributed by atoms with van der Waals surface area (Å²) in [5.41, 5.74) is 4.25. The van der Waals surface area contributed by atoms with Crippen molar-refractivity contribution in [3.05, 3.63) is 34.9 Å². The third-order valence-electron chi connectivity index (χ3n) is 4.15. The average Bonchev–Trinajstić information content (AvgIpc) is 2.76. The smallest absolute Gasteiger partial charge is 0.0735 e. The standard InChI is InChI=1S/C16H25NO/c1-11-6-5-7-12(2)14(11)10-15(17-4)16-9-8-13(3)18-16/h5-7,13,15-17H,8-10H2,1-4H3. The van der Waals surface area contributed by atoms with Gasteiger partial charge in [0, 0.05) is 6.04 Å². The molecule has 2 nitrogen and oxygen atoms in total. The lowest BCUT2D eigenvalue weighted by atomic mass is 9.93. The Labute approximate surface area is 111 Å². The number of hydrogen-bond acceptors (Lipinski definition) is 2. The molecule has 0 amide bonds. The summed E-state index contributed by atoms with van der Waals surface area (Å²) in [5.74, 6) is 0. The second kappa shape index (κ2) is 5.85. The zero-order valence-electron chi connectivity index (χ0n) is 12.0. The van der Waals surface area contributed by atoms with Crippen LogP contribution >= 0.6 is 0 Å². The first-order chi connectivity index (χ1) is 8.61. The van der Waals surface area contributed by atoms with E-state index in [-0.39, 0.29) is 0 Å². The zero-order valence-corrected chi connectivity index (χ0v) is 12.0. The highest BCUT2D eigenvalue weighted by atomic mass is 16.5. The van der Waals surface area contributed by atoms with Gasteiger partial charge in [-0.05, 0) is 63.8 Å². The number of benzene rings is 1. The molecule has 0 spiro atoms. The first kappa shape index (κ1) is 13.6. The lowest BCUT2D eigenvalue weighted by Gasteiger charge is -2.24. The maximum absolute atomic E-state index is 6.00. The molecule has 3 unspecified atom stereocenters. The van der Waals surface area contributed by atoms with Gasteiger partial charge in [-0.2, -0.15) is 0 Å². The van der Waals surface area contributed by atoms with Crippen LogP contribution in [0.3, 0.4) is 0 Å². The van der Waals surface area contributed by atoms with Crippen molar-refractivity contribution >= 4 is 0 Å². The molecule has 2 rings (SSSR count). The second-order valence-electron chi connectivity index (χ2n) is 5.53. The van der Waals surface area contributed by atoms with Gasteiger partial charge >= 0.3 is 0 Å². The fourth-order valence-corrected chi connectivity index (χ4v) is 2.94. The molecule has 18 heavy (non-hydrogen) atoms. The van der Waals surface area contributed by atoms with Crippen molar-refractivity contribution in [2.24, 2.45) is 0 Å². The zero-order chi connectivity index (χ0) is 13.1. The van der Waals surface area contributed by atoms with Crippen molar-refractivity contribution in [3.63, 3.8) is 0 Å². The molecular formula is C16H25NO. The molecule has 1 N–H and O–H groups in total. The maximum atomic E-state index is 6.00. The van der Waals surface area contributed by atoms with Crippen LogP contribution in [0.4, 0.5) is 0 Å².